The van der Waals surface area contributed by atoms with Crippen molar-refractivity contribution in [3.05, 3.63) is 36.0 Å². The lowest BCUT2D eigenvalue weighted by Crippen LogP contribution is -2.41. The molecule has 1 unspecified atom stereocenters. The molecule has 1 aromatic carbocycles. The summed E-state index contributed by atoms with van der Waals surface area (Å²) in [6, 6.07) is 6.10. The van der Waals surface area contributed by atoms with Crippen molar-refractivity contribution in [1.82, 2.24) is 14.7 Å². The van der Waals surface area contributed by atoms with Crippen molar-refractivity contribution in [2.45, 2.75) is 17.4 Å². The van der Waals surface area contributed by atoms with E-state index in [0.717, 1.165) is 16.9 Å². The third-order valence-electron chi connectivity index (χ3n) is 2.91. The van der Waals surface area contributed by atoms with Crippen LogP contribution in [0.3, 0.4) is 0 Å². The summed E-state index contributed by atoms with van der Waals surface area (Å²) in [6.07, 6.45) is -7.91. The third-order valence-corrected chi connectivity index (χ3v) is 4.32. The molecule has 2 aromatic rings. The van der Waals surface area contributed by atoms with Gasteiger partial charge in [0.15, 0.2) is 0 Å². The molecule has 4 N–H and O–H groups in total. The van der Waals surface area contributed by atoms with Crippen molar-refractivity contribution >= 4 is 27.5 Å². The minimum Gasteiger partial charge on any atom is -0.382 e. The highest BCUT2D eigenvalue weighted by Crippen LogP contribution is 2.23. The van der Waals surface area contributed by atoms with Gasteiger partial charge in [-0.15, -0.1) is 0 Å². The first kappa shape index (κ1) is 19.3. The molecule has 0 bridgehead atoms. The van der Waals surface area contributed by atoms with Gasteiger partial charge in [-0.05, 0) is 24.3 Å². The Kier molecular flexibility index (Phi) is 5.28. The quantitative estimate of drug-likeness (QED) is 0.524. The molecule has 0 aliphatic heterocycles. The number of anilines is 3. The van der Waals surface area contributed by atoms with E-state index in [4.69, 9.17) is 11.0 Å². The maximum absolute atomic E-state index is 12.9. The minimum absolute atomic E-state index is 0.0103. The summed E-state index contributed by atoms with van der Waals surface area (Å²) in [5.41, 5.74) is 5.86. The highest BCUT2D eigenvalue weighted by atomic mass is 32.2. The average molecular weight is 390 g/mol. The maximum Gasteiger partial charge on any atom is 0.434 e. The molecule has 2 rings (SSSR count). The standard InChI is InChI=1S/C13H10F4N6O2S/c14-11(13(15,16)17)23-26(24,25)9-3-1-8(2-4-9)21-12-20-6-7(5-18)10(19)22-12/h1-4,6,11,23H,(H3,19,20,21,22). The second-order valence-electron chi connectivity index (χ2n) is 4.78. The lowest BCUT2D eigenvalue weighted by Gasteiger charge is -2.14. The molecule has 138 valence electrons. The number of nitrogens with zero attached hydrogens (tertiary/aromatic N) is 3. The van der Waals surface area contributed by atoms with Gasteiger partial charge in [0, 0.05) is 5.69 Å². The van der Waals surface area contributed by atoms with Crippen molar-refractivity contribution in [1.29, 1.82) is 5.26 Å². The van der Waals surface area contributed by atoms with Crippen molar-refractivity contribution in [3.8, 4) is 6.07 Å². The van der Waals surface area contributed by atoms with Gasteiger partial charge in [-0.2, -0.15) is 28.1 Å². The van der Waals surface area contributed by atoms with Crippen LogP contribution in [0.2, 0.25) is 0 Å². The number of alkyl halides is 4. The van der Waals surface area contributed by atoms with Gasteiger partial charge in [-0.3, -0.25) is 0 Å². The van der Waals surface area contributed by atoms with E-state index >= 15 is 0 Å². The molecule has 26 heavy (non-hydrogen) atoms. The Bertz CT molecular complexity index is 941. The summed E-state index contributed by atoms with van der Waals surface area (Å²) in [5, 5.41) is 11.4. The first-order valence-electron chi connectivity index (χ1n) is 6.66. The van der Waals surface area contributed by atoms with Crippen molar-refractivity contribution < 1.29 is 26.0 Å². The van der Waals surface area contributed by atoms with Gasteiger partial charge >= 0.3 is 6.18 Å². The second kappa shape index (κ2) is 7.10. The number of hydrogen-bond acceptors (Lipinski definition) is 7. The molecular formula is C13H10F4N6O2S. The van der Waals surface area contributed by atoms with E-state index < -0.39 is 27.4 Å². The number of sulfonamides is 1. The molecule has 0 aliphatic rings. The minimum atomic E-state index is -5.36. The Morgan fingerprint density at radius 2 is 1.85 bits per heavy atom. The van der Waals surface area contributed by atoms with Crippen molar-refractivity contribution in [3.63, 3.8) is 0 Å². The normalized spacial score (nSPS) is 13.0. The number of nitrogens with two attached hydrogens (primary N) is 1. The highest BCUT2D eigenvalue weighted by molar-refractivity contribution is 7.89. The predicted octanol–water partition coefficient (Wildman–Crippen LogP) is 1.81. The predicted molar refractivity (Wildman–Crippen MR) is 82.2 cm³/mol. The van der Waals surface area contributed by atoms with E-state index in [1.165, 1.54) is 18.3 Å². The van der Waals surface area contributed by atoms with Crippen LogP contribution in [-0.2, 0) is 10.0 Å². The van der Waals surface area contributed by atoms with Gasteiger partial charge in [-0.25, -0.2) is 17.8 Å². The Morgan fingerprint density at radius 3 is 2.35 bits per heavy atom. The van der Waals surface area contributed by atoms with Crippen LogP contribution in [0.15, 0.2) is 35.4 Å². The van der Waals surface area contributed by atoms with Crippen LogP contribution in [0.25, 0.3) is 0 Å². The number of nitrogen functional groups attached to an aromatic ring is 1. The lowest BCUT2D eigenvalue weighted by atomic mass is 10.3. The van der Waals surface area contributed by atoms with Gasteiger partial charge in [0.1, 0.15) is 17.5 Å². The number of hydrogen-bond donors (Lipinski definition) is 3. The van der Waals surface area contributed by atoms with Gasteiger partial charge in [0.2, 0.25) is 16.0 Å². The van der Waals surface area contributed by atoms with Gasteiger partial charge in [0.05, 0.1) is 11.1 Å². The first-order valence-corrected chi connectivity index (χ1v) is 8.14. The molecule has 0 amide bonds. The Balaban J connectivity index is 2.15. The van der Waals surface area contributed by atoms with Crippen LogP contribution in [0.5, 0.6) is 0 Å². The lowest BCUT2D eigenvalue weighted by molar-refractivity contribution is -0.183. The molecule has 13 heteroatoms. The molecule has 1 heterocycles. The fourth-order valence-corrected chi connectivity index (χ4v) is 2.70. The fraction of sp³-hybridized carbons (Fsp3) is 0.154. The molecular weight excluding hydrogens is 380 g/mol. The molecule has 0 aliphatic carbocycles. The molecule has 1 aromatic heterocycles. The zero-order valence-electron chi connectivity index (χ0n) is 12.6. The van der Waals surface area contributed by atoms with E-state index in [1.54, 1.807) is 6.07 Å². The topological polar surface area (TPSA) is 134 Å². The second-order valence-corrected chi connectivity index (χ2v) is 6.49. The summed E-state index contributed by atoms with van der Waals surface area (Å²) in [6.45, 7) is 0. The van der Waals surface area contributed by atoms with Gasteiger partial charge in [-0.1, -0.05) is 0 Å². The number of aromatic nitrogens is 2. The molecule has 0 saturated carbocycles. The molecule has 8 nitrogen and oxygen atoms in total. The van der Waals surface area contributed by atoms with Crippen molar-refractivity contribution in [2.24, 2.45) is 0 Å². The van der Waals surface area contributed by atoms with E-state index in [-0.39, 0.29) is 23.0 Å². The number of halogens is 4. The van der Waals surface area contributed by atoms with Crippen LogP contribution in [0, 0.1) is 11.3 Å². The highest BCUT2D eigenvalue weighted by Gasteiger charge is 2.43. The van der Waals surface area contributed by atoms with Crippen LogP contribution in [0.1, 0.15) is 5.56 Å². The van der Waals surface area contributed by atoms with Gasteiger partial charge < -0.3 is 11.1 Å². The number of rotatable bonds is 5. The summed E-state index contributed by atoms with van der Waals surface area (Å²) in [4.78, 5) is 7.04. The monoisotopic (exact) mass is 390 g/mol. The largest absolute Gasteiger partial charge is 0.434 e. The zero-order chi connectivity index (χ0) is 19.5. The summed E-state index contributed by atoms with van der Waals surface area (Å²) >= 11 is 0. The summed E-state index contributed by atoms with van der Waals surface area (Å²) < 4.78 is 73.6. The number of benzene rings is 1. The SMILES string of the molecule is N#Cc1cnc(Nc2ccc(S(=O)(=O)NC(F)C(F)(F)F)cc2)nc1N. The first-order chi connectivity index (χ1) is 12.0. The summed E-state index contributed by atoms with van der Waals surface area (Å²) in [5.74, 6) is -0.0642. The number of nitriles is 1. The maximum atomic E-state index is 12.9. The average Bonchev–Trinajstić information content (AvgIpc) is 2.54. The van der Waals surface area contributed by atoms with Crippen molar-refractivity contribution in [2.75, 3.05) is 11.1 Å². The molecule has 0 radical (unpaired) electrons. The van der Waals surface area contributed by atoms with Crippen LogP contribution in [0.4, 0.5) is 35.0 Å². The Morgan fingerprint density at radius 1 is 1.23 bits per heavy atom. The van der Waals surface area contributed by atoms with E-state index in [0.29, 0.717) is 0 Å². The molecule has 1 atom stereocenters. The van der Waals surface area contributed by atoms with Gasteiger partial charge in [0.25, 0.3) is 6.30 Å². The molecule has 0 spiro atoms. The third kappa shape index (κ3) is 4.55. The molecule has 0 saturated heterocycles. The zero-order valence-corrected chi connectivity index (χ0v) is 13.4. The van der Waals surface area contributed by atoms with E-state index in [1.807, 2.05) is 0 Å². The Hall–Kier alpha value is -2.98. The number of nitrogens with one attached hydrogen (secondary N) is 2. The molecule has 0 fully saturated rings. The van der Waals surface area contributed by atoms with Crippen LogP contribution >= 0.6 is 0 Å². The van der Waals surface area contributed by atoms with E-state index in [2.05, 4.69) is 15.3 Å². The van der Waals surface area contributed by atoms with E-state index in [9.17, 15) is 26.0 Å². The Labute approximate surface area is 144 Å². The van der Waals surface area contributed by atoms with Crippen LogP contribution in [-0.4, -0.2) is 30.9 Å². The smallest absolute Gasteiger partial charge is 0.382 e. The summed E-state index contributed by atoms with van der Waals surface area (Å²) in [7, 11) is -4.71. The van der Waals surface area contributed by atoms with Crippen LogP contribution < -0.4 is 15.8 Å². The fourth-order valence-electron chi connectivity index (χ4n) is 1.66.